The average molecular weight is 662 g/mol. The van der Waals surface area contributed by atoms with Crippen molar-refractivity contribution in [3.8, 4) is 11.4 Å². The lowest BCUT2D eigenvalue weighted by Gasteiger charge is -2.24. The summed E-state index contributed by atoms with van der Waals surface area (Å²) in [6, 6.07) is 18.1. The van der Waals surface area contributed by atoms with Crippen molar-refractivity contribution in [3.05, 3.63) is 113 Å². The van der Waals surface area contributed by atoms with Crippen LogP contribution in [0.2, 0.25) is 5.02 Å². The maximum Gasteiger partial charge on any atom is 0.257 e. The number of rotatable bonds is 12. The van der Waals surface area contributed by atoms with Gasteiger partial charge in [-0.2, -0.15) is 5.10 Å². The first-order chi connectivity index (χ1) is 22.2. The molecule has 9 nitrogen and oxygen atoms in total. The number of hydrazone groups is 1. The van der Waals surface area contributed by atoms with Gasteiger partial charge in [0, 0.05) is 54.5 Å². The Morgan fingerprint density at radius 3 is 2.70 bits per heavy atom. The Labute approximate surface area is 280 Å². The number of methoxy groups -OCH3 is 1. The number of para-hydroxylation sites is 1. The smallest absolute Gasteiger partial charge is 0.257 e. The largest absolute Gasteiger partial charge is 0.497 e. The molecule has 0 saturated carbocycles. The predicted octanol–water partition coefficient (Wildman–Crippen LogP) is 6.26. The fourth-order valence-electron chi connectivity index (χ4n) is 4.89. The molecule has 11 heteroatoms. The van der Waals surface area contributed by atoms with E-state index >= 15 is 0 Å². The van der Waals surface area contributed by atoms with Crippen molar-refractivity contribution in [2.75, 3.05) is 33.9 Å². The zero-order valence-corrected chi connectivity index (χ0v) is 28.0. The van der Waals surface area contributed by atoms with Crippen LogP contribution in [-0.4, -0.2) is 60.8 Å². The number of aromatic nitrogens is 1. The molecule has 5 rings (SSSR count). The van der Waals surface area contributed by atoms with Gasteiger partial charge >= 0.3 is 0 Å². The monoisotopic (exact) mass is 661 g/mol. The van der Waals surface area contributed by atoms with Gasteiger partial charge in [-0.15, -0.1) is 11.8 Å². The van der Waals surface area contributed by atoms with Crippen LogP contribution in [0.3, 0.4) is 0 Å². The summed E-state index contributed by atoms with van der Waals surface area (Å²) < 4.78 is 12.9. The van der Waals surface area contributed by atoms with Crippen molar-refractivity contribution in [1.82, 2.24) is 20.2 Å². The Balaban J connectivity index is 0.000000468. The number of carbonyl (C=O) groups excluding carboxylic acids is 2. The first-order valence-electron chi connectivity index (χ1n) is 14.9. The van der Waals surface area contributed by atoms with E-state index in [4.69, 9.17) is 21.1 Å². The van der Waals surface area contributed by atoms with Crippen LogP contribution in [0.15, 0.2) is 101 Å². The van der Waals surface area contributed by atoms with E-state index in [0.29, 0.717) is 36.7 Å². The number of fused-ring (bicyclic) bond motifs is 3. The highest BCUT2D eigenvalue weighted by molar-refractivity contribution is 7.98. The lowest BCUT2D eigenvalue weighted by atomic mass is 10.0. The zero-order chi connectivity index (χ0) is 33.1. The van der Waals surface area contributed by atoms with Gasteiger partial charge in [-0.05, 0) is 73.6 Å². The number of allylic oxidation sites excluding steroid dienone is 3. The molecule has 2 aliphatic rings. The predicted molar refractivity (Wildman–Crippen MR) is 186 cm³/mol. The number of ether oxygens (including phenoxy) is 2. The lowest BCUT2D eigenvalue weighted by Crippen LogP contribution is -2.35. The molecule has 0 unspecified atom stereocenters. The molecular formula is C35H40ClN5O4S. The maximum atomic E-state index is 12.3. The molecule has 1 aromatic heterocycles. The number of hydrogen-bond acceptors (Lipinski definition) is 7. The summed E-state index contributed by atoms with van der Waals surface area (Å²) in [5.74, 6) is 1.87. The van der Waals surface area contributed by atoms with Crippen LogP contribution < -0.4 is 15.5 Å². The second-order valence-electron chi connectivity index (χ2n) is 10.8. The van der Waals surface area contributed by atoms with E-state index < -0.39 is 0 Å². The normalized spacial score (nSPS) is 13.7. The molecule has 3 aromatic rings. The first kappa shape index (κ1) is 34.6. The SMILES string of the molecule is C=C/C=C(/OC)C(=C)C.CN(CCNC(=O)COc1ccc(C2=NNC(=O)CC2)cc1Cl)Cc1ccc2n1-c1ccccc1SC2. The Bertz CT molecular complexity index is 1650. The van der Waals surface area contributed by atoms with E-state index in [1.165, 1.54) is 22.0 Å². The molecule has 46 heavy (non-hydrogen) atoms. The highest BCUT2D eigenvalue weighted by atomic mass is 35.5. The number of amides is 2. The molecule has 0 aliphatic carbocycles. The highest BCUT2D eigenvalue weighted by Crippen LogP contribution is 2.36. The molecular weight excluding hydrogens is 622 g/mol. The van der Waals surface area contributed by atoms with E-state index in [0.717, 1.165) is 34.9 Å². The number of carbonyl (C=O) groups is 2. The minimum atomic E-state index is -0.209. The standard InChI is InChI=1S/C27H28ClN5O3S.C8H12O/c1-32(15-19-7-8-20-17-37-25-5-3-2-4-23(25)33(19)20)13-12-29-27(35)16-36-24-10-6-18(14-21(24)28)22-9-11-26(34)31-30-22;1-5-6-8(9-4)7(2)3/h2-8,10,14H,9,11-13,15-17H2,1H3,(H,29,35)(H,31,34);5-6H,1-2H2,3-4H3/b;8-6+. The topological polar surface area (TPSA) is 97.2 Å². The molecule has 2 N–H and O–H groups in total. The molecule has 0 spiro atoms. The van der Waals surface area contributed by atoms with E-state index in [1.807, 2.05) is 24.8 Å². The van der Waals surface area contributed by atoms with Crippen molar-refractivity contribution in [3.63, 3.8) is 0 Å². The summed E-state index contributed by atoms with van der Waals surface area (Å²) in [4.78, 5) is 27.1. The molecule has 2 aromatic carbocycles. The Kier molecular flexibility index (Phi) is 12.7. The molecule has 242 valence electrons. The Morgan fingerprint density at radius 2 is 2.02 bits per heavy atom. The minimum absolute atomic E-state index is 0.0965. The van der Waals surface area contributed by atoms with Crippen LogP contribution in [-0.2, 0) is 26.6 Å². The fourth-order valence-corrected chi connectivity index (χ4v) is 6.14. The van der Waals surface area contributed by atoms with Crippen LogP contribution in [0.1, 0.15) is 36.7 Å². The minimum Gasteiger partial charge on any atom is -0.497 e. The number of likely N-dealkylation sites (N-methyl/N-ethyl adjacent to an activating group) is 1. The number of nitrogens with one attached hydrogen (secondary N) is 2. The van der Waals surface area contributed by atoms with Crippen LogP contribution in [0.5, 0.6) is 5.75 Å². The van der Waals surface area contributed by atoms with E-state index in [-0.39, 0.29) is 18.4 Å². The van der Waals surface area contributed by atoms with Gasteiger partial charge in [0.2, 0.25) is 5.91 Å². The van der Waals surface area contributed by atoms with Crippen molar-refractivity contribution >= 4 is 40.9 Å². The van der Waals surface area contributed by atoms with Gasteiger partial charge in [-0.3, -0.25) is 14.5 Å². The van der Waals surface area contributed by atoms with Crippen molar-refractivity contribution in [2.45, 2.75) is 37.0 Å². The lowest BCUT2D eigenvalue weighted by molar-refractivity contribution is -0.123. The molecule has 0 radical (unpaired) electrons. The number of thioether (sulfide) groups is 1. The van der Waals surface area contributed by atoms with Crippen LogP contribution >= 0.6 is 23.4 Å². The quantitative estimate of drug-likeness (QED) is 0.176. The zero-order valence-electron chi connectivity index (χ0n) is 26.5. The summed E-state index contributed by atoms with van der Waals surface area (Å²) in [6.07, 6.45) is 4.40. The van der Waals surface area contributed by atoms with E-state index in [9.17, 15) is 9.59 Å². The van der Waals surface area contributed by atoms with Crippen molar-refractivity contribution in [1.29, 1.82) is 0 Å². The van der Waals surface area contributed by atoms with Gasteiger partial charge in [-0.1, -0.05) is 43.0 Å². The van der Waals surface area contributed by atoms with Gasteiger partial charge < -0.3 is 19.4 Å². The summed E-state index contributed by atoms with van der Waals surface area (Å²) in [6.45, 7) is 11.0. The molecule has 2 amide bonds. The Hall–Kier alpha value is -4.25. The van der Waals surface area contributed by atoms with Crippen LogP contribution in [0.25, 0.3) is 5.69 Å². The molecule has 0 bridgehead atoms. The third-order valence-corrected chi connectivity index (χ3v) is 8.60. The second kappa shape index (κ2) is 16.9. The van der Waals surface area contributed by atoms with Gasteiger partial charge in [0.05, 0.1) is 23.5 Å². The number of halogens is 1. The number of hydrogen-bond donors (Lipinski definition) is 2. The fraction of sp³-hybridized carbons (Fsp3) is 0.286. The van der Waals surface area contributed by atoms with Crippen molar-refractivity contribution in [2.24, 2.45) is 5.10 Å². The average Bonchev–Trinajstić information content (AvgIpc) is 3.46. The summed E-state index contributed by atoms with van der Waals surface area (Å²) in [5, 5.41) is 7.37. The summed E-state index contributed by atoms with van der Waals surface area (Å²) in [5.41, 5.74) is 8.75. The van der Waals surface area contributed by atoms with E-state index in [1.54, 1.807) is 31.4 Å². The van der Waals surface area contributed by atoms with Gasteiger partial charge in [0.1, 0.15) is 11.5 Å². The van der Waals surface area contributed by atoms with Crippen LogP contribution in [0, 0.1) is 0 Å². The third-order valence-electron chi connectivity index (χ3n) is 7.21. The highest BCUT2D eigenvalue weighted by Gasteiger charge is 2.19. The summed E-state index contributed by atoms with van der Waals surface area (Å²) >= 11 is 8.22. The Morgan fingerprint density at radius 1 is 1.22 bits per heavy atom. The number of nitrogens with zero attached hydrogens (tertiary/aromatic N) is 3. The van der Waals surface area contributed by atoms with Gasteiger partial charge in [0.25, 0.3) is 5.91 Å². The second-order valence-corrected chi connectivity index (χ2v) is 12.2. The summed E-state index contributed by atoms with van der Waals surface area (Å²) in [7, 11) is 3.67. The number of benzene rings is 2. The van der Waals surface area contributed by atoms with Crippen LogP contribution in [0.4, 0.5) is 0 Å². The first-order valence-corrected chi connectivity index (χ1v) is 16.2. The molecule has 2 aliphatic heterocycles. The molecule has 0 fully saturated rings. The third kappa shape index (κ3) is 9.38. The molecule has 0 atom stereocenters. The molecule has 3 heterocycles. The van der Waals surface area contributed by atoms with E-state index in [2.05, 4.69) is 81.9 Å². The maximum absolute atomic E-state index is 12.3. The van der Waals surface area contributed by atoms with Gasteiger partial charge in [0.15, 0.2) is 6.61 Å². The van der Waals surface area contributed by atoms with Gasteiger partial charge in [-0.25, -0.2) is 5.43 Å². The molecule has 0 saturated heterocycles. The van der Waals surface area contributed by atoms with Crippen molar-refractivity contribution < 1.29 is 19.1 Å².